The van der Waals surface area contributed by atoms with E-state index in [-0.39, 0.29) is 0 Å². The van der Waals surface area contributed by atoms with Crippen molar-refractivity contribution >= 4 is 31.9 Å². The van der Waals surface area contributed by atoms with E-state index in [9.17, 15) is 35.1 Å². The fourth-order valence-corrected chi connectivity index (χ4v) is 0.439. The highest BCUT2D eigenvalue weighted by Gasteiger charge is 2.67. The maximum Gasteiger partial charge on any atom is 0.434 e. The van der Waals surface area contributed by atoms with Crippen LogP contribution in [0.5, 0.6) is 0 Å². The lowest BCUT2D eigenvalue weighted by Gasteiger charge is -2.28. The van der Waals surface area contributed by atoms with Gasteiger partial charge in [-0.25, -0.2) is 4.74 Å². The van der Waals surface area contributed by atoms with Crippen molar-refractivity contribution in [3.05, 3.63) is 0 Å². The zero-order chi connectivity index (χ0) is 12.7. The summed E-state index contributed by atoms with van der Waals surface area (Å²) in [5.74, 6) is 0. The van der Waals surface area contributed by atoms with Crippen LogP contribution >= 0.6 is 31.9 Å². The van der Waals surface area contributed by atoms with Crippen molar-refractivity contribution in [2.45, 2.75) is 21.9 Å². The van der Waals surface area contributed by atoms with Crippen LogP contribution in [-0.2, 0) is 4.74 Å². The molecule has 0 fully saturated rings. The third-order valence-corrected chi connectivity index (χ3v) is 1.84. The number of halogens is 10. The van der Waals surface area contributed by atoms with Gasteiger partial charge in [0.1, 0.15) is 0 Å². The van der Waals surface area contributed by atoms with Crippen molar-refractivity contribution in [1.29, 1.82) is 0 Å². The Morgan fingerprint density at radius 2 is 0.800 bits per heavy atom. The molecule has 0 radical (unpaired) electrons. The van der Waals surface area contributed by atoms with Gasteiger partial charge in [0.15, 0.2) is 0 Å². The van der Waals surface area contributed by atoms with Crippen LogP contribution in [0.2, 0.25) is 0 Å². The van der Waals surface area contributed by atoms with Crippen molar-refractivity contribution in [3.8, 4) is 0 Å². The molecule has 0 aromatic heterocycles. The summed E-state index contributed by atoms with van der Waals surface area (Å²) in [6.07, 6.45) is -11.6. The van der Waals surface area contributed by atoms with Gasteiger partial charge in [0.25, 0.3) is 0 Å². The predicted molar refractivity (Wildman–Crippen MR) is 38.7 cm³/mol. The molecule has 0 aliphatic rings. The summed E-state index contributed by atoms with van der Waals surface area (Å²) >= 11 is 2.04. The molecular weight excluding hydrogens is 376 g/mol. The minimum absolute atomic E-state index is 1.02. The summed E-state index contributed by atoms with van der Waals surface area (Å²) in [6, 6.07) is 0. The van der Waals surface area contributed by atoms with Gasteiger partial charge < -0.3 is 0 Å². The summed E-state index contributed by atoms with van der Waals surface area (Å²) in [5, 5.41) is 0. The summed E-state index contributed by atoms with van der Waals surface area (Å²) in [7, 11) is 0. The average molecular weight is 376 g/mol. The van der Waals surface area contributed by atoms with Gasteiger partial charge >= 0.3 is 21.9 Å². The van der Waals surface area contributed by atoms with Crippen LogP contribution in [0, 0.1) is 0 Å². The molecule has 0 N–H and O–H groups in total. The molecule has 0 rings (SSSR count). The zero-order valence-electron chi connectivity index (χ0n) is 6.19. The van der Waals surface area contributed by atoms with Crippen LogP contribution in [0.3, 0.4) is 0 Å². The van der Waals surface area contributed by atoms with Crippen molar-refractivity contribution in [2.24, 2.45) is 0 Å². The van der Waals surface area contributed by atoms with Gasteiger partial charge in [0.2, 0.25) is 0 Å². The standard InChI is InChI=1S/C4Br2F8O/c5-1(7,8)3(11,12)15-4(13,14)2(6,9)10. The molecule has 15 heavy (non-hydrogen) atoms. The molecule has 0 amide bonds. The Labute approximate surface area is 94.0 Å². The number of alkyl halides is 10. The maximum absolute atomic E-state index is 12.1. The molecule has 0 heterocycles. The van der Waals surface area contributed by atoms with E-state index in [1.54, 1.807) is 0 Å². The van der Waals surface area contributed by atoms with Gasteiger partial charge in [-0.05, 0) is 0 Å². The molecule has 92 valence electrons. The second kappa shape index (κ2) is 3.99. The lowest BCUT2D eigenvalue weighted by atomic mass is 10.6. The first kappa shape index (κ1) is 15.4. The molecule has 0 bridgehead atoms. The average Bonchev–Trinajstić information content (AvgIpc) is 1.77. The molecule has 0 saturated carbocycles. The third kappa shape index (κ3) is 3.70. The second-order valence-corrected chi connectivity index (χ2v) is 4.12. The summed E-state index contributed by atoms with van der Waals surface area (Å²) < 4.78 is 98.0. The fourth-order valence-electron chi connectivity index (χ4n) is 0.277. The molecule has 0 spiro atoms. The van der Waals surface area contributed by atoms with Crippen molar-refractivity contribution < 1.29 is 39.9 Å². The Balaban J connectivity index is 4.89. The topological polar surface area (TPSA) is 9.23 Å². The van der Waals surface area contributed by atoms with Crippen molar-refractivity contribution in [2.75, 3.05) is 0 Å². The minimum atomic E-state index is -5.80. The van der Waals surface area contributed by atoms with E-state index in [1.807, 2.05) is 0 Å². The molecule has 0 aromatic rings. The van der Waals surface area contributed by atoms with E-state index < -0.39 is 21.9 Å². The van der Waals surface area contributed by atoms with E-state index in [0.717, 1.165) is 31.9 Å². The molecule has 0 aliphatic carbocycles. The van der Waals surface area contributed by atoms with Gasteiger partial charge in [0, 0.05) is 31.9 Å². The molecule has 1 nitrogen and oxygen atoms in total. The summed E-state index contributed by atoms with van der Waals surface area (Å²) in [6.45, 7) is 0. The minimum Gasteiger partial charge on any atom is -0.244 e. The number of rotatable bonds is 4. The van der Waals surface area contributed by atoms with E-state index in [0.29, 0.717) is 0 Å². The monoisotopic (exact) mass is 374 g/mol. The Morgan fingerprint density at radius 3 is 0.933 bits per heavy atom. The Kier molecular flexibility index (Phi) is 4.08. The Hall–Kier alpha value is 0.360. The van der Waals surface area contributed by atoms with Crippen LogP contribution in [-0.4, -0.2) is 21.9 Å². The summed E-state index contributed by atoms with van der Waals surface area (Å²) in [4.78, 5) is -10.4. The first-order chi connectivity index (χ1) is 6.21. The van der Waals surface area contributed by atoms with Gasteiger partial charge in [0.05, 0.1) is 0 Å². The highest BCUT2D eigenvalue weighted by atomic mass is 79.9. The number of ether oxygens (including phenoxy) is 1. The van der Waals surface area contributed by atoms with E-state index in [2.05, 4.69) is 4.74 Å². The molecule has 0 unspecified atom stereocenters. The largest absolute Gasteiger partial charge is 0.434 e. The van der Waals surface area contributed by atoms with E-state index in [4.69, 9.17) is 0 Å². The smallest absolute Gasteiger partial charge is 0.244 e. The zero-order valence-corrected chi connectivity index (χ0v) is 9.36. The molecule has 11 heteroatoms. The van der Waals surface area contributed by atoms with Gasteiger partial charge in [-0.3, -0.25) is 0 Å². The lowest BCUT2D eigenvalue weighted by molar-refractivity contribution is -0.437. The molecule has 0 saturated heterocycles. The molecule has 0 aliphatic heterocycles. The van der Waals surface area contributed by atoms with E-state index >= 15 is 0 Å². The van der Waals surface area contributed by atoms with Crippen LogP contribution in [0.4, 0.5) is 35.1 Å². The first-order valence-electron chi connectivity index (χ1n) is 2.80. The van der Waals surface area contributed by atoms with Crippen molar-refractivity contribution in [1.82, 2.24) is 0 Å². The SMILES string of the molecule is FC(F)(Br)C(F)(F)OC(F)(F)C(F)(F)Br. The van der Waals surface area contributed by atoms with Crippen LogP contribution < -0.4 is 0 Å². The van der Waals surface area contributed by atoms with Gasteiger partial charge in [-0.2, -0.15) is 35.1 Å². The van der Waals surface area contributed by atoms with Crippen LogP contribution in [0.1, 0.15) is 0 Å². The van der Waals surface area contributed by atoms with Crippen LogP contribution in [0.25, 0.3) is 0 Å². The molecular formula is C4Br2F8O. The fraction of sp³-hybridized carbons (Fsp3) is 1.00. The normalized spacial score (nSPS) is 15.6. The van der Waals surface area contributed by atoms with Gasteiger partial charge in [-0.15, -0.1) is 0 Å². The summed E-state index contributed by atoms with van der Waals surface area (Å²) in [5.41, 5.74) is 0. The van der Waals surface area contributed by atoms with Gasteiger partial charge in [-0.1, -0.05) is 0 Å². The molecule has 0 atom stereocenters. The molecule has 0 aromatic carbocycles. The quantitative estimate of drug-likeness (QED) is 0.529. The predicted octanol–water partition coefficient (Wildman–Crippen LogP) is 4.16. The highest BCUT2D eigenvalue weighted by molar-refractivity contribution is 9.10. The van der Waals surface area contributed by atoms with Crippen molar-refractivity contribution in [3.63, 3.8) is 0 Å². The van der Waals surface area contributed by atoms with Crippen LogP contribution in [0.15, 0.2) is 0 Å². The maximum atomic E-state index is 12.1. The third-order valence-electron chi connectivity index (χ3n) is 0.916. The number of hydrogen-bond acceptors (Lipinski definition) is 1. The first-order valence-corrected chi connectivity index (χ1v) is 4.38. The highest BCUT2D eigenvalue weighted by Crippen LogP contribution is 2.48. The Bertz CT molecular complexity index is 206. The second-order valence-electron chi connectivity index (χ2n) is 2.13. The Morgan fingerprint density at radius 1 is 0.600 bits per heavy atom. The lowest BCUT2D eigenvalue weighted by Crippen LogP contribution is -2.49. The van der Waals surface area contributed by atoms with E-state index in [1.165, 1.54) is 0 Å². The number of hydrogen-bond donors (Lipinski definition) is 0.